The molecule has 0 aliphatic carbocycles. The molecular formula is C54H50N6O8. The van der Waals surface area contributed by atoms with Crippen LogP contribution in [0.5, 0.6) is 0 Å². The van der Waals surface area contributed by atoms with E-state index in [-0.39, 0.29) is 23.3 Å². The van der Waals surface area contributed by atoms with Gasteiger partial charge in [0.05, 0.1) is 98.1 Å². The highest BCUT2D eigenvalue weighted by molar-refractivity contribution is 6.10. The molecular weight excluding hydrogens is 861 g/mol. The summed E-state index contributed by atoms with van der Waals surface area (Å²) in [5.41, 5.74) is 10.3. The fourth-order valence-corrected chi connectivity index (χ4v) is 10.1. The molecule has 0 unspecified atom stereocenters. The SMILES string of the molecule is CCn1c2ccccc2c2cc(-c3nc4cc(C(=O)O)ccc4n3C[C@@H]3COCCO3)ccc21.CCn1c2ccccc2c2cc(-c3nc4cc(C(=O)O)ccc4n3C[C@H]3COCCO3)ccc21. The highest BCUT2D eigenvalue weighted by Gasteiger charge is 2.24. The van der Waals surface area contributed by atoms with E-state index in [4.69, 9.17) is 28.9 Å². The van der Waals surface area contributed by atoms with Crippen molar-refractivity contribution >= 4 is 77.6 Å². The monoisotopic (exact) mass is 910 g/mol. The first-order chi connectivity index (χ1) is 33.3. The lowest BCUT2D eigenvalue weighted by atomic mass is 10.1. The van der Waals surface area contributed by atoms with E-state index in [2.05, 4.69) is 117 Å². The largest absolute Gasteiger partial charge is 0.478 e. The predicted molar refractivity (Wildman–Crippen MR) is 263 cm³/mol. The number of aryl methyl sites for hydroxylation is 2. The quantitative estimate of drug-likeness (QED) is 0.135. The maximum Gasteiger partial charge on any atom is 0.335 e. The second-order valence-electron chi connectivity index (χ2n) is 17.2. The summed E-state index contributed by atoms with van der Waals surface area (Å²) in [6.07, 6.45) is -0.176. The number of aromatic nitrogens is 6. The van der Waals surface area contributed by atoms with Crippen molar-refractivity contribution in [3.63, 3.8) is 0 Å². The van der Waals surface area contributed by atoms with Crippen molar-refractivity contribution in [3.05, 3.63) is 132 Å². The zero-order valence-corrected chi connectivity index (χ0v) is 37.8. The normalized spacial score (nSPS) is 16.6. The number of carboxylic acid groups (broad SMARTS) is 2. The number of fused-ring (bicyclic) bond motifs is 8. The maximum absolute atomic E-state index is 11.6. The van der Waals surface area contributed by atoms with Gasteiger partial charge in [-0.1, -0.05) is 36.4 Å². The van der Waals surface area contributed by atoms with Gasteiger partial charge in [-0.05, 0) is 98.8 Å². The molecule has 68 heavy (non-hydrogen) atoms. The van der Waals surface area contributed by atoms with Crippen LogP contribution in [0.2, 0.25) is 0 Å². The number of benzene rings is 6. The van der Waals surface area contributed by atoms with Gasteiger partial charge in [0.25, 0.3) is 0 Å². The Morgan fingerprint density at radius 2 is 0.912 bits per heavy atom. The van der Waals surface area contributed by atoms with Crippen LogP contribution in [0.1, 0.15) is 34.6 Å². The van der Waals surface area contributed by atoms with E-state index in [1.54, 1.807) is 24.3 Å². The summed E-state index contributed by atoms with van der Waals surface area (Å²) in [6.45, 7) is 10.6. The van der Waals surface area contributed by atoms with Crippen molar-refractivity contribution in [1.29, 1.82) is 0 Å². The Kier molecular flexibility index (Phi) is 11.5. The van der Waals surface area contributed by atoms with Crippen molar-refractivity contribution < 1.29 is 38.7 Å². The molecule has 4 aromatic heterocycles. The van der Waals surface area contributed by atoms with Gasteiger partial charge in [0.15, 0.2) is 0 Å². The zero-order valence-electron chi connectivity index (χ0n) is 37.8. The summed E-state index contributed by atoms with van der Waals surface area (Å²) in [5, 5.41) is 23.7. The lowest BCUT2D eigenvalue weighted by Crippen LogP contribution is -2.32. The standard InChI is InChI=1S/2C27H25N3O4/c2*1-2-29-23-6-4-3-5-20(23)21-13-17(7-9-24(21)29)26-28-22-14-18(27(31)32)8-10-25(22)30(26)15-19-16-33-11-12-34-19/h2*3-10,13-14,19H,2,11-12,15-16H2,1H3,(H,31,32)/t2*19-/m10/s1. The van der Waals surface area contributed by atoms with Crippen molar-refractivity contribution in [2.75, 3.05) is 39.6 Å². The average molecular weight is 911 g/mol. The van der Waals surface area contributed by atoms with Crippen molar-refractivity contribution in [2.24, 2.45) is 0 Å². The summed E-state index contributed by atoms with van der Waals surface area (Å²) in [6, 6.07) is 40.0. The van der Waals surface area contributed by atoms with Crippen LogP contribution >= 0.6 is 0 Å². The molecule has 2 aliphatic rings. The van der Waals surface area contributed by atoms with Crippen LogP contribution in [0.25, 0.3) is 88.5 Å². The number of imidazole rings is 2. The van der Waals surface area contributed by atoms with Gasteiger partial charge in [-0.15, -0.1) is 0 Å². The summed E-state index contributed by atoms with van der Waals surface area (Å²) in [4.78, 5) is 32.9. The molecule has 0 radical (unpaired) electrons. The first-order valence-corrected chi connectivity index (χ1v) is 23.2. The second-order valence-corrected chi connectivity index (χ2v) is 17.2. The van der Waals surface area contributed by atoms with Crippen LogP contribution in [0, 0.1) is 0 Å². The van der Waals surface area contributed by atoms with Crippen molar-refractivity contribution in [3.8, 4) is 22.8 Å². The van der Waals surface area contributed by atoms with Gasteiger partial charge in [-0.3, -0.25) is 0 Å². The minimum absolute atomic E-state index is 0.0882. The molecule has 2 saturated heterocycles. The van der Waals surface area contributed by atoms with Gasteiger partial charge in [-0.2, -0.15) is 0 Å². The minimum atomic E-state index is -0.962. The number of hydrogen-bond donors (Lipinski definition) is 2. The highest BCUT2D eigenvalue weighted by atomic mass is 16.6. The van der Waals surface area contributed by atoms with E-state index < -0.39 is 11.9 Å². The van der Waals surface area contributed by atoms with Gasteiger partial charge >= 0.3 is 11.9 Å². The molecule has 344 valence electrons. The van der Waals surface area contributed by atoms with E-state index in [1.807, 2.05) is 12.1 Å². The summed E-state index contributed by atoms with van der Waals surface area (Å²) < 4.78 is 32.0. The molecule has 2 N–H and O–H groups in total. The van der Waals surface area contributed by atoms with Gasteiger partial charge in [0.1, 0.15) is 11.6 Å². The highest BCUT2D eigenvalue weighted by Crippen LogP contribution is 2.36. The zero-order chi connectivity index (χ0) is 46.5. The van der Waals surface area contributed by atoms with Gasteiger partial charge in [0.2, 0.25) is 0 Å². The van der Waals surface area contributed by atoms with Crippen LogP contribution in [-0.2, 0) is 45.1 Å². The smallest absolute Gasteiger partial charge is 0.335 e. The predicted octanol–water partition coefficient (Wildman–Crippen LogP) is 9.89. The Morgan fingerprint density at radius 3 is 1.31 bits per heavy atom. The number of aromatic carboxylic acids is 2. The molecule has 12 rings (SSSR count). The number of carboxylic acids is 2. The number of para-hydroxylation sites is 2. The minimum Gasteiger partial charge on any atom is -0.478 e. The number of ether oxygens (including phenoxy) is 4. The van der Waals surface area contributed by atoms with Gasteiger partial charge in [0, 0.05) is 67.8 Å². The molecule has 10 aromatic rings. The number of carbonyl (C=O) groups is 2. The van der Waals surface area contributed by atoms with Crippen LogP contribution < -0.4 is 0 Å². The third-order valence-electron chi connectivity index (χ3n) is 13.2. The Morgan fingerprint density at radius 1 is 0.500 bits per heavy atom. The fourth-order valence-electron chi connectivity index (χ4n) is 10.1. The first kappa shape index (κ1) is 43.2. The molecule has 14 nitrogen and oxygen atoms in total. The third-order valence-corrected chi connectivity index (χ3v) is 13.2. The molecule has 2 atom stereocenters. The topological polar surface area (TPSA) is 157 Å². The number of hydrogen-bond acceptors (Lipinski definition) is 8. The molecule has 2 fully saturated rings. The summed E-state index contributed by atoms with van der Waals surface area (Å²) in [7, 11) is 0. The van der Waals surface area contributed by atoms with E-state index in [0.717, 1.165) is 46.9 Å². The molecule has 6 heterocycles. The van der Waals surface area contributed by atoms with Crippen LogP contribution in [0.3, 0.4) is 0 Å². The van der Waals surface area contributed by atoms with Crippen LogP contribution in [0.15, 0.2) is 121 Å². The molecule has 0 amide bonds. The lowest BCUT2D eigenvalue weighted by molar-refractivity contribution is -0.0931. The summed E-state index contributed by atoms with van der Waals surface area (Å²) >= 11 is 0. The molecule has 0 saturated carbocycles. The Balaban J connectivity index is 0.000000149. The first-order valence-electron chi connectivity index (χ1n) is 23.2. The molecule has 0 bridgehead atoms. The number of nitrogens with zero attached hydrogens (tertiary/aromatic N) is 6. The fraction of sp³-hybridized carbons (Fsp3) is 0.259. The van der Waals surface area contributed by atoms with Crippen LogP contribution in [0.4, 0.5) is 0 Å². The lowest BCUT2D eigenvalue weighted by Gasteiger charge is -2.24. The average Bonchev–Trinajstić information content (AvgIpc) is 4.11. The van der Waals surface area contributed by atoms with E-state index in [0.29, 0.717) is 63.8 Å². The van der Waals surface area contributed by atoms with E-state index in [9.17, 15) is 19.8 Å². The van der Waals surface area contributed by atoms with Crippen molar-refractivity contribution in [1.82, 2.24) is 28.2 Å². The molecule has 14 heteroatoms. The summed E-state index contributed by atoms with van der Waals surface area (Å²) in [5.74, 6) is -0.337. The van der Waals surface area contributed by atoms with Crippen molar-refractivity contribution in [2.45, 2.75) is 52.2 Å². The number of rotatable bonds is 10. The molecule has 6 aromatic carbocycles. The second kappa shape index (κ2) is 18.0. The molecule has 0 spiro atoms. The Labute approximate surface area is 390 Å². The third kappa shape index (κ3) is 7.74. The van der Waals surface area contributed by atoms with Crippen LogP contribution in [-0.4, -0.2) is 102 Å². The Bertz CT molecular complexity index is 3320. The Hall–Kier alpha value is -7.36. The van der Waals surface area contributed by atoms with E-state index >= 15 is 0 Å². The van der Waals surface area contributed by atoms with Gasteiger partial charge in [-0.25, -0.2) is 19.6 Å². The molecule has 2 aliphatic heterocycles. The van der Waals surface area contributed by atoms with Gasteiger partial charge < -0.3 is 47.4 Å². The van der Waals surface area contributed by atoms with E-state index in [1.165, 1.54) is 43.6 Å². The maximum atomic E-state index is 11.6.